The van der Waals surface area contributed by atoms with Crippen LogP contribution in [0.2, 0.25) is 0 Å². The van der Waals surface area contributed by atoms with E-state index in [4.69, 9.17) is 0 Å². The highest BCUT2D eigenvalue weighted by molar-refractivity contribution is 9.10. The molecular formula is C19H16BrN3O. The van der Waals surface area contributed by atoms with Crippen LogP contribution in [0.1, 0.15) is 21.6 Å². The third kappa shape index (κ3) is 2.87. The Morgan fingerprint density at radius 2 is 1.83 bits per heavy atom. The molecule has 0 aliphatic carbocycles. The second-order valence-electron chi connectivity index (χ2n) is 5.92. The highest BCUT2D eigenvalue weighted by atomic mass is 79.9. The average Bonchev–Trinajstić information content (AvgIpc) is 3.11. The number of halogens is 1. The van der Waals surface area contributed by atoms with E-state index < -0.39 is 0 Å². The zero-order valence-electron chi connectivity index (χ0n) is 13.0. The quantitative estimate of drug-likeness (QED) is 0.727. The van der Waals surface area contributed by atoms with Gasteiger partial charge in [0.1, 0.15) is 5.69 Å². The lowest BCUT2D eigenvalue weighted by Gasteiger charge is -2.28. The number of nitrogens with one attached hydrogen (secondary N) is 1. The van der Waals surface area contributed by atoms with Gasteiger partial charge in [-0.05, 0) is 35.7 Å². The topological polar surface area (TPSA) is 49.0 Å². The molecule has 0 radical (unpaired) electrons. The third-order valence-corrected chi connectivity index (χ3v) is 4.89. The minimum Gasteiger partial charge on any atom is -0.333 e. The van der Waals surface area contributed by atoms with Gasteiger partial charge in [-0.25, -0.2) is 0 Å². The van der Waals surface area contributed by atoms with Crippen molar-refractivity contribution in [3.63, 3.8) is 0 Å². The van der Waals surface area contributed by atoms with E-state index in [1.165, 1.54) is 11.1 Å². The zero-order valence-corrected chi connectivity index (χ0v) is 14.6. The number of benzene rings is 2. The van der Waals surface area contributed by atoms with E-state index in [1.807, 2.05) is 41.3 Å². The first kappa shape index (κ1) is 15.1. The number of hydrogen-bond acceptors (Lipinski definition) is 2. The van der Waals surface area contributed by atoms with Crippen LogP contribution in [0.15, 0.2) is 59.1 Å². The van der Waals surface area contributed by atoms with Gasteiger partial charge < -0.3 is 4.90 Å². The van der Waals surface area contributed by atoms with E-state index in [1.54, 1.807) is 0 Å². The summed E-state index contributed by atoms with van der Waals surface area (Å²) in [6.45, 7) is 1.39. The Morgan fingerprint density at radius 3 is 2.62 bits per heavy atom. The van der Waals surface area contributed by atoms with Crippen LogP contribution in [0.5, 0.6) is 0 Å². The first-order valence-corrected chi connectivity index (χ1v) is 8.67. The van der Waals surface area contributed by atoms with E-state index >= 15 is 0 Å². The lowest BCUT2D eigenvalue weighted by Crippen LogP contribution is -2.36. The van der Waals surface area contributed by atoms with E-state index in [2.05, 4.69) is 44.3 Å². The number of carbonyl (C=O) groups is 1. The minimum absolute atomic E-state index is 0.000338. The van der Waals surface area contributed by atoms with Crippen LogP contribution in [0.25, 0.3) is 11.3 Å². The molecule has 1 N–H and O–H groups in total. The van der Waals surface area contributed by atoms with Crippen molar-refractivity contribution >= 4 is 21.8 Å². The van der Waals surface area contributed by atoms with Crippen LogP contribution in [-0.4, -0.2) is 27.5 Å². The lowest BCUT2D eigenvalue weighted by atomic mass is 10.00. The Balaban J connectivity index is 1.55. The van der Waals surface area contributed by atoms with Crippen molar-refractivity contribution in [2.75, 3.05) is 6.54 Å². The molecule has 24 heavy (non-hydrogen) atoms. The van der Waals surface area contributed by atoms with Crippen molar-refractivity contribution in [2.24, 2.45) is 0 Å². The van der Waals surface area contributed by atoms with E-state index in [0.717, 1.165) is 28.7 Å². The summed E-state index contributed by atoms with van der Waals surface area (Å²) in [7, 11) is 0. The third-order valence-electron chi connectivity index (χ3n) is 4.37. The largest absolute Gasteiger partial charge is 0.333 e. The fourth-order valence-electron chi connectivity index (χ4n) is 3.04. The van der Waals surface area contributed by atoms with Crippen molar-refractivity contribution in [2.45, 2.75) is 13.0 Å². The Kier molecular flexibility index (Phi) is 3.94. The molecule has 5 heteroatoms. The molecule has 2 heterocycles. The van der Waals surface area contributed by atoms with Gasteiger partial charge in [-0.2, -0.15) is 5.10 Å². The number of hydrogen-bond donors (Lipinski definition) is 1. The first-order chi connectivity index (χ1) is 11.7. The summed E-state index contributed by atoms with van der Waals surface area (Å²) >= 11 is 3.42. The molecule has 0 fully saturated rings. The Hall–Kier alpha value is -2.40. The number of carbonyl (C=O) groups excluding carboxylic acids is 1. The van der Waals surface area contributed by atoms with Gasteiger partial charge in [-0.3, -0.25) is 9.89 Å². The number of rotatable bonds is 2. The molecule has 0 bridgehead atoms. The highest BCUT2D eigenvalue weighted by Gasteiger charge is 2.23. The second kappa shape index (κ2) is 6.24. The smallest absolute Gasteiger partial charge is 0.272 e. The number of aromatic amines is 1. The molecule has 0 saturated carbocycles. The summed E-state index contributed by atoms with van der Waals surface area (Å²) in [4.78, 5) is 14.6. The molecule has 1 aliphatic heterocycles. The molecule has 4 rings (SSSR count). The summed E-state index contributed by atoms with van der Waals surface area (Å²) in [6.07, 6.45) is 0.898. The molecule has 120 valence electrons. The standard InChI is InChI=1S/C19H16BrN3O/c20-16-7-5-14(6-8-16)17-11-18(22-21-17)19(24)23-10-9-13-3-1-2-4-15(13)12-23/h1-8,11H,9-10,12H2,(H,21,22). The Morgan fingerprint density at radius 1 is 1.08 bits per heavy atom. The predicted molar refractivity (Wildman–Crippen MR) is 96.6 cm³/mol. The monoisotopic (exact) mass is 381 g/mol. The van der Waals surface area contributed by atoms with Gasteiger partial charge in [0.25, 0.3) is 5.91 Å². The van der Waals surface area contributed by atoms with Crippen LogP contribution in [0.4, 0.5) is 0 Å². The Labute approximate surface area is 148 Å². The number of aromatic nitrogens is 2. The van der Waals surface area contributed by atoms with Gasteiger partial charge in [0.05, 0.1) is 5.69 Å². The fraction of sp³-hybridized carbons (Fsp3) is 0.158. The molecule has 4 nitrogen and oxygen atoms in total. The number of H-pyrrole nitrogens is 1. The fourth-order valence-corrected chi connectivity index (χ4v) is 3.30. The van der Waals surface area contributed by atoms with Gasteiger partial charge in [0.15, 0.2) is 0 Å². The number of amides is 1. The van der Waals surface area contributed by atoms with Crippen LogP contribution in [0.3, 0.4) is 0 Å². The summed E-state index contributed by atoms with van der Waals surface area (Å²) < 4.78 is 1.02. The van der Waals surface area contributed by atoms with E-state index in [-0.39, 0.29) is 5.91 Å². The minimum atomic E-state index is 0.000338. The molecule has 1 aliphatic rings. The molecule has 3 aromatic rings. The average molecular weight is 382 g/mol. The summed E-state index contributed by atoms with van der Waals surface area (Å²) in [5, 5.41) is 7.18. The van der Waals surface area contributed by atoms with Crippen LogP contribution in [-0.2, 0) is 13.0 Å². The van der Waals surface area contributed by atoms with Crippen LogP contribution in [0, 0.1) is 0 Å². The molecule has 2 aromatic carbocycles. The molecular weight excluding hydrogens is 366 g/mol. The maximum atomic E-state index is 12.8. The van der Waals surface area contributed by atoms with E-state index in [9.17, 15) is 4.79 Å². The Bertz CT molecular complexity index is 886. The van der Waals surface area contributed by atoms with Gasteiger partial charge in [-0.15, -0.1) is 0 Å². The maximum absolute atomic E-state index is 12.8. The normalized spacial score (nSPS) is 13.6. The van der Waals surface area contributed by atoms with Crippen LogP contribution >= 0.6 is 15.9 Å². The summed E-state index contributed by atoms with van der Waals surface area (Å²) in [5.74, 6) is 0.000338. The predicted octanol–water partition coefficient (Wildman–Crippen LogP) is 4.04. The highest BCUT2D eigenvalue weighted by Crippen LogP contribution is 2.23. The van der Waals surface area contributed by atoms with Gasteiger partial charge in [-0.1, -0.05) is 52.3 Å². The van der Waals surface area contributed by atoms with E-state index in [0.29, 0.717) is 12.2 Å². The molecule has 0 spiro atoms. The SMILES string of the molecule is O=C(c1cc(-c2ccc(Br)cc2)n[nH]1)N1CCc2ccccc2C1. The van der Waals surface area contributed by atoms with Gasteiger partial charge >= 0.3 is 0 Å². The van der Waals surface area contributed by atoms with Crippen molar-refractivity contribution < 1.29 is 4.79 Å². The maximum Gasteiger partial charge on any atom is 0.272 e. The van der Waals surface area contributed by atoms with Crippen LogP contribution < -0.4 is 0 Å². The lowest BCUT2D eigenvalue weighted by molar-refractivity contribution is 0.0728. The second-order valence-corrected chi connectivity index (χ2v) is 6.83. The van der Waals surface area contributed by atoms with Crippen molar-refractivity contribution in [1.29, 1.82) is 0 Å². The molecule has 0 atom stereocenters. The first-order valence-electron chi connectivity index (χ1n) is 7.88. The van der Waals surface area contributed by atoms with Crippen molar-refractivity contribution in [1.82, 2.24) is 15.1 Å². The molecule has 0 unspecified atom stereocenters. The number of fused-ring (bicyclic) bond motifs is 1. The zero-order chi connectivity index (χ0) is 16.5. The van der Waals surface area contributed by atoms with Gasteiger partial charge in [0, 0.05) is 23.1 Å². The van der Waals surface area contributed by atoms with Crippen molar-refractivity contribution in [3.8, 4) is 11.3 Å². The van der Waals surface area contributed by atoms with Crippen molar-refractivity contribution in [3.05, 3.63) is 75.9 Å². The number of nitrogens with zero attached hydrogens (tertiary/aromatic N) is 2. The van der Waals surface area contributed by atoms with Gasteiger partial charge in [0.2, 0.25) is 0 Å². The molecule has 1 amide bonds. The molecule has 1 aromatic heterocycles. The molecule has 0 saturated heterocycles. The summed E-state index contributed by atoms with van der Waals surface area (Å²) in [6, 6.07) is 18.0. The summed E-state index contributed by atoms with van der Waals surface area (Å²) in [5.41, 5.74) is 4.86.